The average Bonchev–Trinajstić information content (AvgIpc) is 2.63. The molecule has 1 atom stereocenters. The number of nitrogens with zero attached hydrogens (tertiary/aromatic N) is 2. The summed E-state index contributed by atoms with van der Waals surface area (Å²) < 4.78 is 0. The molecule has 1 heterocycles. The lowest BCUT2D eigenvalue weighted by molar-refractivity contribution is -0.131. The third-order valence-electron chi connectivity index (χ3n) is 2.85. The average molecular weight is 255 g/mol. The number of carbonyl (C=O) groups is 1. The second kappa shape index (κ2) is 6.12. The number of carbonyl (C=O) groups excluding carboxylic acids is 1. The van der Waals surface area contributed by atoms with Crippen LogP contribution in [0.3, 0.4) is 0 Å². The van der Waals surface area contributed by atoms with Gasteiger partial charge >= 0.3 is 0 Å². The Balaban J connectivity index is 2.48. The highest BCUT2D eigenvalue weighted by Gasteiger charge is 2.16. The van der Waals surface area contributed by atoms with Gasteiger partial charge in [0.2, 0.25) is 5.91 Å². The van der Waals surface area contributed by atoms with Gasteiger partial charge in [0, 0.05) is 25.0 Å². The molecule has 1 amide bonds. The number of nitrogens with one attached hydrogen (secondary N) is 1. The van der Waals surface area contributed by atoms with E-state index >= 15 is 0 Å². The molecule has 0 aliphatic heterocycles. The second-order valence-electron chi connectivity index (χ2n) is 4.20. The third kappa shape index (κ3) is 3.78. The summed E-state index contributed by atoms with van der Waals surface area (Å²) in [6.07, 6.45) is 0. The minimum absolute atomic E-state index is 0.123. The highest BCUT2D eigenvalue weighted by Crippen LogP contribution is 2.16. The fraction of sp³-hybridized carbons (Fsp3) is 0.667. The molecule has 1 N–H and O–H groups in total. The minimum Gasteiger partial charge on any atom is -0.345 e. The summed E-state index contributed by atoms with van der Waals surface area (Å²) >= 11 is 1.68. The van der Waals surface area contributed by atoms with E-state index in [0.717, 1.165) is 17.2 Å². The molecular weight excluding hydrogens is 234 g/mol. The molecule has 4 nitrogen and oxygen atoms in total. The summed E-state index contributed by atoms with van der Waals surface area (Å²) in [7, 11) is 1.82. The summed E-state index contributed by atoms with van der Waals surface area (Å²) in [6, 6.07) is -0.163. The van der Waals surface area contributed by atoms with Crippen LogP contribution in [0.1, 0.15) is 29.4 Å². The smallest absolute Gasteiger partial charge is 0.239 e. The number of amides is 1. The molecule has 0 aliphatic rings. The summed E-state index contributed by atoms with van der Waals surface area (Å²) in [5.41, 5.74) is 1.08. The van der Waals surface area contributed by atoms with E-state index < -0.39 is 0 Å². The zero-order valence-electron chi connectivity index (χ0n) is 11.2. The van der Waals surface area contributed by atoms with Crippen molar-refractivity contribution in [2.75, 3.05) is 13.6 Å². The molecule has 5 heteroatoms. The maximum Gasteiger partial charge on any atom is 0.239 e. The van der Waals surface area contributed by atoms with Gasteiger partial charge in [0.15, 0.2) is 0 Å². The normalized spacial score (nSPS) is 12.5. The lowest BCUT2D eigenvalue weighted by Gasteiger charge is -2.20. The predicted octanol–water partition coefficient (Wildman–Crippen LogP) is 1.72. The van der Waals surface area contributed by atoms with E-state index in [9.17, 15) is 4.79 Å². The van der Waals surface area contributed by atoms with Gasteiger partial charge in [-0.05, 0) is 27.7 Å². The number of likely N-dealkylation sites (N-methyl/N-ethyl adjacent to an activating group) is 1. The quantitative estimate of drug-likeness (QED) is 0.871. The van der Waals surface area contributed by atoms with Gasteiger partial charge in [0.05, 0.1) is 11.7 Å². The fourth-order valence-electron chi connectivity index (χ4n) is 1.43. The number of aryl methyl sites for hydroxylation is 2. The maximum atomic E-state index is 11.8. The SMILES string of the molecule is CCN(C)C(=O)C(C)NCc1nc(C)c(C)s1. The number of hydrogen-bond acceptors (Lipinski definition) is 4. The highest BCUT2D eigenvalue weighted by atomic mass is 32.1. The Hall–Kier alpha value is -0.940. The van der Waals surface area contributed by atoms with Crippen molar-refractivity contribution in [2.24, 2.45) is 0 Å². The maximum absolute atomic E-state index is 11.8. The Bertz CT molecular complexity index is 370. The molecule has 0 radical (unpaired) electrons. The molecule has 1 aromatic rings. The van der Waals surface area contributed by atoms with Crippen molar-refractivity contribution in [3.63, 3.8) is 0 Å². The topological polar surface area (TPSA) is 45.2 Å². The Morgan fingerprint density at radius 1 is 1.53 bits per heavy atom. The van der Waals surface area contributed by atoms with Crippen LogP contribution >= 0.6 is 11.3 Å². The van der Waals surface area contributed by atoms with Gasteiger partial charge in [-0.15, -0.1) is 11.3 Å². The van der Waals surface area contributed by atoms with Gasteiger partial charge < -0.3 is 4.90 Å². The summed E-state index contributed by atoms with van der Waals surface area (Å²) in [5, 5.41) is 4.25. The van der Waals surface area contributed by atoms with Gasteiger partial charge in [-0.2, -0.15) is 0 Å². The molecular formula is C12H21N3OS. The molecule has 1 rings (SSSR count). The summed E-state index contributed by atoms with van der Waals surface area (Å²) in [4.78, 5) is 19.2. The van der Waals surface area contributed by atoms with Crippen molar-refractivity contribution in [1.29, 1.82) is 0 Å². The van der Waals surface area contributed by atoms with Gasteiger partial charge in [-0.1, -0.05) is 0 Å². The van der Waals surface area contributed by atoms with Crippen LogP contribution in [0.15, 0.2) is 0 Å². The number of hydrogen-bond donors (Lipinski definition) is 1. The Morgan fingerprint density at radius 3 is 2.65 bits per heavy atom. The van der Waals surface area contributed by atoms with Crippen molar-refractivity contribution in [3.8, 4) is 0 Å². The van der Waals surface area contributed by atoms with E-state index in [0.29, 0.717) is 6.54 Å². The zero-order valence-corrected chi connectivity index (χ0v) is 12.0. The van der Waals surface area contributed by atoms with E-state index in [-0.39, 0.29) is 11.9 Å². The molecule has 0 aromatic carbocycles. The van der Waals surface area contributed by atoms with Gasteiger partial charge in [-0.25, -0.2) is 4.98 Å². The molecule has 0 aliphatic carbocycles. The van der Waals surface area contributed by atoms with Crippen molar-refractivity contribution in [2.45, 2.75) is 40.3 Å². The van der Waals surface area contributed by atoms with Crippen LogP contribution in [-0.4, -0.2) is 35.4 Å². The Morgan fingerprint density at radius 2 is 2.18 bits per heavy atom. The van der Waals surface area contributed by atoms with E-state index in [2.05, 4.69) is 17.2 Å². The monoisotopic (exact) mass is 255 g/mol. The summed E-state index contributed by atoms with van der Waals surface area (Å²) in [6.45, 7) is 9.33. The molecule has 0 saturated carbocycles. The van der Waals surface area contributed by atoms with Gasteiger partial charge in [0.1, 0.15) is 5.01 Å². The van der Waals surface area contributed by atoms with E-state index in [1.165, 1.54) is 4.88 Å². The molecule has 1 aromatic heterocycles. The lowest BCUT2D eigenvalue weighted by Crippen LogP contribution is -2.42. The number of thiazole rings is 1. The summed E-state index contributed by atoms with van der Waals surface area (Å²) in [5.74, 6) is 0.123. The van der Waals surface area contributed by atoms with Crippen molar-refractivity contribution in [1.82, 2.24) is 15.2 Å². The molecule has 17 heavy (non-hydrogen) atoms. The second-order valence-corrected chi connectivity index (χ2v) is 5.49. The minimum atomic E-state index is -0.163. The zero-order chi connectivity index (χ0) is 13.0. The van der Waals surface area contributed by atoms with E-state index in [4.69, 9.17) is 0 Å². The van der Waals surface area contributed by atoms with Crippen molar-refractivity contribution < 1.29 is 4.79 Å². The standard InChI is InChI=1S/C12H21N3OS/c1-6-15(5)12(16)9(3)13-7-11-14-8(2)10(4)17-11/h9,13H,6-7H2,1-5H3. The highest BCUT2D eigenvalue weighted by molar-refractivity contribution is 7.11. The van der Waals surface area contributed by atoms with Crippen LogP contribution in [0.4, 0.5) is 0 Å². The number of aromatic nitrogens is 1. The lowest BCUT2D eigenvalue weighted by atomic mass is 10.3. The van der Waals surface area contributed by atoms with Crippen molar-refractivity contribution in [3.05, 3.63) is 15.6 Å². The molecule has 0 spiro atoms. The van der Waals surface area contributed by atoms with Crippen molar-refractivity contribution >= 4 is 17.2 Å². The van der Waals surface area contributed by atoms with Crippen LogP contribution in [0, 0.1) is 13.8 Å². The van der Waals surface area contributed by atoms with Crippen LogP contribution in [0.5, 0.6) is 0 Å². The van der Waals surface area contributed by atoms with Gasteiger partial charge in [0.25, 0.3) is 0 Å². The van der Waals surface area contributed by atoms with Crippen LogP contribution in [0.25, 0.3) is 0 Å². The van der Waals surface area contributed by atoms with Gasteiger partial charge in [-0.3, -0.25) is 10.1 Å². The number of rotatable bonds is 5. The Labute approximate surface area is 107 Å². The predicted molar refractivity (Wildman–Crippen MR) is 71.2 cm³/mol. The van der Waals surface area contributed by atoms with Crippen LogP contribution in [0.2, 0.25) is 0 Å². The first kappa shape index (κ1) is 14.1. The molecule has 1 unspecified atom stereocenters. The third-order valence-corrected chi connectivity index (χ3v) is 3.93. The molecule has 0 saturated heterocycles. The first-order valence-electron chi connectivity index (χ1n) is 5.87. The molecule has 0 fully saturated rings. The van der Waals surface area contributed by atoms with E-state index in [1.807, 2.05) is 27.8 Å². The first-order valence-corrected chi connectivity index (χ1v) is 6.68. The Kier molecular flexibility index (Phi) is 5.08. The first-order chi connectivity index (χ1) is 7.95. The molecule has 0 bridgehead atoms. The van der Waals surface area contributed by atoms with Crippen LogP contribution < -0.4 is 5.32 Å². The fourth-order valence-corrected chi connectivity index (χ4v) is 2.31. The van der Waals surface area contributed by atoms with Crippen LogP contribution in [-0.2, 0) is 11.3 Å². The van der Waals surface area contributed by atoms with E-state index in [1.54, 1.807) is 16.2 Å². The largest absolute Gasteiger partial charge is 0.345 e. The molecule has 96 valence electrons.